The molecule has 0 fully saturated rings. The summed E-state index contributed by atoms with van der Waals surface area (Å²) in [7, 11) is 0. The van der Waals surface area contributed by atoms with Gasteiger partial charge in [-0.1, -0.05) is 0 Å². The summed E-state index contributed by atoms with van der Waals surface area (Å²) in [5, 5.41) is 17.9. The molecule has 0 aromatic heterocycles. The summed E-state index contributed by atoms with van der Waals surface area (Å²) in [6.45, 7) is -2.88. The molecule has 36 valence electrons. The minimum Gasteiger partial charge on any atom is -0.547 e. The molecule has 3 nitrogen and oxygen atoms in total. The third kappa shape index (κ3) is 6.43. The van der Waals surface area contributed by atoms with Gasteiger partial charge in [0.15, 0.2) is 0 Å². The molecule has 0 amide bonds. The van der Waals surface area contributed by atoms with Gasteiger partial charge >= 0.3 is 29.6 Å². The molecule has 0 saturated heterocycles. The zero-order chi connectivity index (χ0) is 7.65. The van der Waals surface area contributed by atoms with Crippen LogP contribution in [0.15, 0.2) is 0 Å². The Balaban J connectivity index is 0. The summed E-state index contributed by atoms with van der Waals surface area (Å²) in [5.41, 5.74) is 0. The third-order valence-corrected chi connectivity index (χ3v) is 0.223. The number of aliphatic carboxylic acids is 1. The Labute approximate surface area is 67.8 Å². The van der Waals surface area contributed by atoms with Crippen LogP contribution < -0.4 is 34.7 Å². The average molecular weight is 115 g/mol. The molecular weight excluding hydrogens is 107 g/mol. The quantitative estimate of drug-likeness (QED) is 0.348. The van der Waals surface area contributed by atoms with Gasteiger partial charge in [-0.2, -0.15) is 0 Å². The topological polar surface area (TPSA) is 60.4 Å². The van der Waals surface area contributed by atoms with Crippen LogP contribution >= 0.6 is 0 Å². The van der Waals surface area contributed by atoms with Gasteiger partial charge in [0.1, 0.15) is 0 Å². The zero-order valence-corrected chi connectivity index (χ0v) is 5.84. The number of carboxylic acid groups (broad SMARTS) is 1. The Morgan fingerprint density at radius 2 is 2.57 bits per heavy atom. The van der Waals surface area contributed by atoms with Gasteiger partial charge < -0.3 is 15.0 Å². The fraction of sp³-hybridized carbons (Fsp3) is 0.667. The molecule has 0 radical (unpaired) electrons. The van der Waals surface area contributed by atoms with Gasteiger partial charge in [-0.05, 0) is 6.85 Å². The molecule has 0 aliphatic rings. The number of hydrogen-bond donors (Lipinski definition) is 1. The molecule has 0 rings (SSSR count). The van der Waals surface area contributed by atoms with E-state index in [1.165, 1.54) is 0 Å². The van der Waals surface area contributed by atoms with Crippen molar-refractivity contribution in [3.63, 3.8) is 0 Å². The summed E-state index contributed by atoms with van der Waals surface area (Å²) < 4.78 is 19.0. The number of carboxylic acids is 1. The van der Waals surface area contributed by atoms with E-state index in [2.05, 4.69) is 0 Å². The number of carbonyl (C=O) groups is 1. The van der Waals surface area contributed by atoms with Crippen molar-refractivity contribution in [3.8, 4) is 0 Å². The molecule has 0 aliphatic heterocycles. The fourth-order valence-corrected chi connectivity index (χ4v) is 0. The van der Waals surface area contributed by atoms with Crippen LogP contribution in [0.25, 0.3) is 0 Å². The van der Waals surface area contributed by atoms with Gasteiger partial charge in [-0.25, -0.2) is 0 Å². The summed E-state index contributed by atoms with van der Waals surface area (Å²) >= 11 is 0. The van der Waals surface area contributed by atoms with Crippen LogP contribution in [-0.2, 0) is 4.79 Å². The monoisotopic (exact) mass is 115 g/mol. The second-order valence-corrected chi connectivity index (χ2v) is 0.722. The maximum atomic E-state index is 9.62. The third-order valence-electron chi connectivity index (χ3n) is 0.223. The molecule has 0 aromatic rings. The molecule has 4 heteroatoms. The molecule has 0 saturated carbocycles. The Kier molecular flexibility index (Phi) is 2.83. The van der Waals surface area contributed by atoms with Crippen molar-refractivity contribution in [2.45, 2.75) is 13.0 Å². The van der Waals surface area contributed by atoms with Crippen molar-refractivity contribution in [2.24, 2.45) is 0 Å². The molecule has 0 aromatic carbocycles. The number of hydrogen-bond acceptors (Lipinski definition) is 3. The SMILES string of the molecule is [2H]C([2H])([2H])C(O)C(=O)[O-].[Na+]. The molecule has 0 heterocycles. The smallest absolute Gasteiger partial charge is 0.547 e. The van der Waals surface area contributed by atoms with Crippen molar-refractivity contribution < 1.29 is 48.7 Å². The van der Waals surface area contributed by atoms with E-state index in [0.717, 1.165) is 0 Å². The number of aliphatic hydroxyl groups excluding tert-OH is 1. The van der Waals surface area contributed by atoms with E-state index in [-0.39, 0.29) is 29.6 Å². The Hall–Kier alpha value is 0.430. The van der Waals surface area contributed by atoms with Crippen molar-refractivity contribution in [2.75, 3.05) is 0 Å². The van der Waals surface area contributed by atoms with E-state index in [4.69, 9.17) is 9.22 Å². The zero-order valence-electron chi connectivity index (χ0n) is 6.84. The van der Waals surface area contributed by atoms with E-state index in [0.29, 0.717) is 0 Å². The van der Waals surface area contributed by atoms with Crippen molar-refractivity contribution in [3.05, 3.63) is 0 Å². The average Bonchev–Trinajstić information content (AvgIpc) is 1.62. The molecular formula is C3H5NaO3. The van der Waals surface area contributed by atoms with Gasteiger partial charge in [0, 0.05) is 4.11 Å². The summed E-state index contributed by atoms with van der Waals surface area (Å²) in [4.78, 5) is 9.62. The van der Waals surface area contributed by atoms with E-state index >= 15 is 0 Å². The van der Waals surface area contributed by atoms with E-state index in [9.17, 15) is 9.90 Å². The first-order chi connectivity index (χ1) is 3.85. The Morgan fingerprint density at radius 3 is 2.57 bits per heavy atom. The molecule has 7 heavy (non-hydrogen) atoms. The normalized spacial score (nSPS) is 19.9. The minimum absolute atomic E-state index is 0. The maximum absolute atomic E-state index is 9.62. The van der Waals surface area contributed by atoms with Gasteiger partial charge in [0.25, 0.3) is 0 Å². The van der Waals surface area contributed by atoms with E-state index < -0.39 is 18.9 Å². The van der Waals surface area contributed by atoms with Crippen LogP contribution in [0, 0.1) is 0 Å². The Morgan fingerprint density at radius 1 is 2.14 bits per heavy atom. The summed E-state index contributed by atoms with van der Waals surface area (Å²) in [6, 6.07) is 0. The first kappa shape index (κ1) is 4.32. The molecule has 1 unspecified atom stereocenters. The van der Waals surface area contributed by atoms with Crippen LogP contribution in [0.5, 0.6) is 0 Å². The van der Waals surface area contributed by atoms with Gasteiger partial charge in [-0.3, -0.25) is 0 Å². The standard InChI is InChI=1S/C3H6O3.Na/c1-2(4)3(5)6;/h2,4H,1H3,(H,5,6);/q;+1/p-1/i1D3;. The molecule has 1 N–H and O–H groups in total. The minimum atomic E-state index is -2.88. The van der Waals surface area contributed by atoms with Gasteiger partial charge in [0.2, 0.25) is 0 Å². The summed E-state index contributed by atoms with van der Waals surface area (Å²) in [6.07, 6.45) is -2.38. The van der Waals surface area contributed by atoms with E-state index in [1.807, 2.05) is 0 Å². The Bertz CT molecular complexity index is 123. The van der Waals surface area contributed by atoms with Gasteiger partial charge in [-0.15, -0.1) is 0 Å². The van der Waals surface area contributed by atoms with Crippen LogP contribution in [-0.4, -0.2) is 17.2 Å². The van der Waals surface area contributed by atoms with E-state index in [1.54, 1.807) is 0 Å². The van der Waals surface area contributed by atoms with Crippen LogP contribution in [0.1, 0.15) is 11.0 Å². The molecule has 0 bridgehead atoms. The second kappa shape index (κ2) is 4.59. The molecule has 0 spiro atoms. The van der Waals surface area contributed by atoms with Crippen molar-refractivity contribution in [1.82, 2.24) is 0 Å². The van der Waals surface area contributed by atoms with Crippen LogP contribution in [0.3, 0.4) is 0 Å². The first-order valence-electron chi connectivity index (χ1n) is 2.74. The molecule has 0 aliphatic carbocycles. The predicted molar refractivity (Wildman–Crippen MR) is 16.7 cm³/mol. The van der Waals surface area contributed by atoms with Crippen molar-refractivity contribution in [1.29, 1.82) is 0 Å². The number of carbonyl (C=O) groups excluding carboxylic acids is 1. The largest absolute Gasteiger partial charge is 1.00 e. The molecule has 1 atom stereocenters. The first-order valence-corrected chi connectivity index (χ1v) is 1.24. The van der Waals surface area contributed by atoms with Crippen LogP contribution in [0.4, 0.5) is 0 Å². The maximum Gasteiger partial charge on any atom is 1.00 e. The van der Waals surface area contributed by atoms with Crippen molar-refractivity contribution >= 4 is 5.97 Å². The second-order valence-electron chi connectivity index (χ2n) is 0.722. The number of rotatable bonds is 1. The van der Waals surface area contributed by atoms with Crippen LogP contribution in [0.2, 0.25) is 0 Å². The number of aliphatic hydroxyl groups is 1. The predicted octanol–water partition coefficient (Wildman–Crippen LogP) is -4.88. The van der Waals surface area contributed by atoms with Gasteiger partial charge in [0.05, 0.1) is 12.1 Å². The fourth-order valence-electron chi connectivity index (χ4n) is 0. The summed E-state index contributed by atoms with van der Waals surface area (Å²) in [5.74, 6) is -1.98.